The van der Waals surface area contributed by atoms with E-state index in [2.05, 4.69) is 15.2 Å². The number of hydrogen-bond donors (Lipinski definition) is 1. The van der Waals surface area contributed by atoms with Gasteiger partial charge in [0.15, 0.2) is 5.76 Å². The van der Waals surface area contributed by atoms with Crippen LogP contribution in [0.5, 0.6) is 0 Å². The van der Waals surface area contributed by atoms with Crippen molar-refractivity contribution >= 4 is 23.7 Å². The molecule has 35 heavy (non-hydrogen) atoms. The van der Waals surface area contributed by atoms with E-state index < -0.39 is 35.7 Å². The maximum Gasteiger partial charge on any atom is 0.410 e. The Morgan fingerprint density at radius 3 is 2.46 bits per heavy atom. The molecule has 0 spiro atoms. The number of methoxy groups -OCH3 is 1. The Kier molecular flexibility index (Phi) is 6.77. The van der Waals surface area contributed by atoms with Crippen LogP contribution in [0.2, 0.25) is 0 Å². The highest BCUT2D eigenvalue weighted by Crippen LogP contribution is 2.56. The number of amides is 2. The zero-order valence-corrected chi connectivity index (χ0v) is 19.7. The smallest absolute Gasteiger partial charge is 0.410 e. The normalized spacial score (nSPS) is 20.8. The van der Waals surface area contributed by atoms with Gasteiger partial charge < -0.3 is 24.2 Å². The highest BCUT2D eigenvalue weighted by Gasteiger charge is 2.76. The molecule has 2 unspecified atom stereocenters. The van der Waals surface area contributed by atoms with Gasteiger partial charge in [0.05, 0.1) is 18.4 Å². The number of alkyl halides is 2. The summed E-state index contributed by atoms with van der Waals surface area (Å²) < 4.78 is 42.9. The lowest BCUT2D eigenvalue weighted by Crippen LogP contribution is -2.35. The Balaban J connectivity index is 1.39. The molecule has 0 bridgehead atoms. The van der Waals surface area contributed by atoms with Crippen molar-refractivity contribution in [2.45, 2.75) is 51.2 Å². The molecule has 1 heterocycles. The molecule has 2 aliphatic carbocycles. The highest BCUT2D eigenvalue weighted by atomic mass is 19.3. The van der Waals surface area contributed by atoms with Crippen LogP contribution >= 0.6 is 0 Å². The van der Waals surface area contributed by atoms with Gasteiger partial charge in [-0.3, -0.25) is 9.59 Å². The molecule has 0 saturated heterocycles. The average Bonchev–Trinajstić information content (AvgIpc) is 3.21. The van der Waals surface area contributed by atoms with E-state index in [0.717, 1.165) is 32.8 Å². The van der Waals surface area contributed by atoms with E-state index in [-0.39, 0.29) is 18.3 Å². The van der Waals surface area contributed by atoms with Gasteiger partial charge in [0.2, 0.25) is 5.91 Å². The molecule has 0 radical (unpaired) electrons. The highest BCUT2D eigenvalue weighted by molar-refractivity contribution is 6.00. The molecule has 2 atom stereocenters. The topological polar surface area (TPSA) is 111 Å². The van der Waals surface area contributed by atoms with Crippen molar-refractivity contribution < 1.29 is 37.2 Å². The minimum Gasteiger partial charge on any atom is -0.469 e. The molecule has 9 nitrogen and oxygen atoms in total. The minimum atomic E-state index is -3.44. The van der Waals surface area contributed by atoms with Gasteiger partial charge in [-0.25, -0.2) is 13.6 Å². The summed E-state index contributed by atoms with van der Waals surface area (Å²) in [6.45, 7) is 1.71. The van der Waals surface area contributed by atoms with E-state index in [1.54, 1.807) is 31.0 Å². The van der Waals surface area contributed by atoms with Crippen LogP contribution in [0.25, 0.3) is 11.3 Å². The molecule has 1 aromatic heterocycles. The van der Waals surface area contributed by atoms with Gasteiger partial charge in [0.25, 0.3) is 5.92 Å². The summed E-state index contributed by atoms with van der Waals surface area (Å²) in [5, 5.41) is 6.37. The van der Waals surface area contributed by atoms with Gasteiger partial charge >= 0.3 is 12.1 Å². The number of carbonyl (C=O) groups excluding carboxylic acids is 3. The van der Waals surface area contributed by atoms with Crippen molar-refractivity contribution in [3.8, 4) is 11.3 Å². The number of halogens is 2. The third-order valence-electron chi connectivity index (χ3n) is 6.69. The summed E-state index contributed by atoms with van der Waals surface area (Å²) in [5.74, 6) is -8.66. The number of ether oxygens (including phenoxy) is 2. The van der Waals surface area contributed by atoms with Crippen LogP contribution in [-0.2, 0) is 25.7 Å². The minimum absolute atomic E-state index is 0.0231. The number of carbonyl (C=O) groups is 3. The fraction of sp³-hybridized carbons (Fsp3) is 0.500. The number of anilines is 1. The molecule has 2 fully saturated rings. The van der Waals surface area contributed by atoms with Gasteiger partial charge in [-0.05, 0) is 44.0 Å². The standard InChI is InChI=1S/C24H27F2N3O6/c1-13-17(12-34-23(32)29(2)16-6-4-5-7-16)20(35-28-13)14-8-10-15(11-9-14)27-21(30)18-19(22(31)33-3)24(18,25)26/h8-11,16,18-19H,4-7,12H2,1-3H3,(H,27,30). The lowest BCUT2D eigenvalue weighted by molar-refractivity contribution is -0.144. The van der Waals surface area contributed by atoms with Crippen LogP contribution < -0.4 is 5.32 Å². The predicted molar refractivity (Wildman–Crippen MR) is 119 cm³/mol. The van der Waals surface area contributed by atoms with Crippen molar-refractivity contribution in [1.82, 2.24) is 10.1 Å². The van der Waals surface area contributed by atoms with Gasteiger partial charge in [-0.15, -0.1) is 0 Å². The second kappa shape index (κ2) is 9.63. The second-order valence-electron chi connectivity index (χ2n) is 8.90. The van der Waals surface area contributed by atoms with E-state index in [1.165, 1.54) is 12.1 Å². The van der Waals surface area contributed by atoms with Gasteiger partial charge in [0, 0.05) is 24.3 Å². The van der Waals surface area contributed by atoms with E-state index in [9.17, 15) is 23.2 Å². The third-order valence-corrected chi connectivity index (χ3v) is 6.69. The number of aryl methyl sites for hydroxylation is 1. The quantitative estimate of drug-likeness (QED) is 0.579. The van der Waals surface area contributed by atoms with Gasteiger partial charge in [-0.1, -0.05) is 18.0 Å². The van der Waals surface area contributed by atoms with Crippen molar-refractivity contribution in [2.24, 2.45) is 11.8 Å². The van der Waals surface area contributed by atoms with Crippen molar-refractivity contribution in [2.75, 3.05) is 19.5 Å². The monoisotopic (exact) mass is 491 g/mol. The van der Waals surface area contributed by atoms with Gasteiger partial charge in [0.1, 0.15) is 18.4 Å². The van der Waals surface area contributed by atoms with Crippen LogP contribution in [0, 0.1) is 18.8 Å². The third kappa shape index (κ3) is 4.85. The molecular formula is C24H27F2N3O6. The van der Waals surface area contributed by atoms with Gasteiger partial charge in [-0.2, -0.15) is 0 Å². The van der Waals surface area contributed by atoms with Crippen molar-refractivity contribution in [3.05, 3.63) is 35.5 Å². The lowest BCUT2D eigenvalue weighted by Gasteiger charge is -2.23. The summed E-state index contributed by atoms with van der Waals surface area (Å²) >= 11 is 0. The SMILES string of the molecule is COC(=O)C1C(C(=O)Nc2ccc(-c3onc(C)c3COC(=O)N(C)C3CCCC3)cc2)C1(F)F. The molecule has 0 aliphatic heterocycles. The fourth-order valence-electron chi connectivity index (χ4n) is 4.46. The van der Waals surface area contributed by atoms with E-state index in [1.807, 2.05) is 0 Å². The van der Waals surface area contributed by atoms with Crippen LogP contribution in [0.4, 0.5) is 19.3 Å². The Labute approximate surface area is 200 Å². The molecule has 2 saturated carbocycles. The number of esters is 1. The first-order valence-corrected chi connectivity index (χ1v) is 11.4. The summed E-state index contributed by atoms with van der Waals surface area (Å²) in [6.07, 6.45) is 3.72. The second-order valence-corrected chi connectivity index (χ2v) is 8.90. The number of nitrogens with zero attached hydrogens (tertiary/aromatic N) is 2. The Bertz CT molecular complexity index is 1110. The molecule has 2 aliphatic rings. The van der Waals surface area contributed by atoms with Crippen molar-refractivity contribution in [1.29, 1.82) is 0 Å². The Morgan fingerprint density at radius 1 is 1.17 bits per heavy atom. The van der Waals surface area contributed by atoms with Crippen molar-refractivity contribution in [3.63, 3.8) is 0 Å². The summed E-state index contributed by atoms with van der Waals surface area (Å²) in [4.78, 5) is 37.8. The molecular weight excluding hydrogens is 464 g/mol. The maximum absolute atomic E-state index is 13.8. The predicted octanol–water partition coefficient (Wildman–Crippen LogP) is 4.15. The van der Waals surface area contributed by atoms with E-state index >= 15 is 0 Å². The van der Waals surface area contributed by atoms with Crippen LogP contribution in [0.1, 0.15) is 36.9 Å². The molecule has 11 heteroatoms. The van der Waals surface area contributed by atoms with Crippen LogP contribution in [0.15, 0.2) is 28.8 Å². The summed E-state index contributed by atoms with van der Waals surface area (Å²) in [5.41, 5.74) is 2.04. The molecule has 1 aromatic carbocycles. The molecule has 188 valence electrons. The number of rotatable bonds is 7. The first-order valence-electron chi connectivity index (χ1n) is 11.4. The molecule has 2 amide bonds. The number of hydrogen-bond acceptors (Lipinski definition) is 7. The zero-order valence-electron chi connectivity index (χ0n) is 19.7. The van der Waals surface area contributed by atoms with Crippen LogP contribution in [0.3, 0.4) is 0 Å². The number of aromatic nitrogens is 1. The Morgan fingerprint density at radius 2 is 1.83 bits per heavy atom. The lowest BCUT2D eigenvalue weighted by atomic mass is 10.1. The molecule has 2 aromatic rings. The summed E-state index contributed by atoms with van der Waals surface area (Å²) in [6, 6.07) is 6.46. The average molecular weight is 491 g/mol. The van der Waals surface area contributed by atoms with Crippen LogP contribution in [-0.4, -0.2) is 54.1 Å². The zero-order chi connectivity index (χ0) is 25.3. The molecule has 4 rings (SSSR count). The largest absolute Gasteiger partial charge is 0.469 e. The maximum atomic E-state index is 13.8. The fourth-order valence-corrected chi connectivity index (χ4v) is 4.46. The van der Waals surface area contributed by atoms with E-state index in [0.29, 0.717) is 22.6 Å². The first kappa shape index (κ1) is 24.6. The first-order chi connectivity index (χ1) is 16.6. The molecule has 1 N–H and O–H groups in total. The summed E-state index contributed by atoms with van der Waals surface area (Å²) in [7, 11) is 2.73. The Hall–Kier alpha value is -3.50. The number of nitrogens with one attached hydrogen (secondary N) is 1. The van der Waals surface area contributed by atoms with E-state index in [4.69, 9.17) is 9.26 Å². The number of benzene rings is 1.